The first-order valence-electron chi connectivity index (χ1n) is 4.11. The van der Waals surface area contributed by atoms with Gasteiger partial charge in [0.15, 0.2) is 0 Å². The lowest BCUT2D eigenvalue weighted by Gasteiger charge is -2.17. The van der Waals surface area contributed by atoms with Crippen molar-refractivity contribution in [2.24, 2.45) is 5.73 Å². The Bertz CT molecular complexity index is 329. The molecule has 0 aromatic carbocycles. The van der Waals surface area contributed by atoms with Gasteiger partial charge in [-0.3, -0.25) is 4.79 Å². The average Bonchev–Trinajstić information content (AvgIpc) is 2.07. The average molecular weight is 258 g/mol. The summed E-state index contributed by atoms with van der Waals surface area (Å²) >= 11 is 3.20. The molecule has 1 aromatic rings. The zero-order chi connectivity index (χ0) is 10.8. The van der Waals surface area contributed by atoms with Crippen molar-refractivity contribution >= 4 is 27.5 Å². The predicted molar refractivity (Wildman–Crippen MR) is 58.8 cm³/mol. The number of aromatic nitrogens is 1. The molecule has 0 saturated carbocycles. The Morgan fingerprint density at radius 3 is 2.64 bits per heavy atom. The Labute approximate surface area is 91.0 Å². The summed E-state index contributed by atoms with van der Waals surface area (Å²) in [6.07, 6.45) is 1.56. The molecule has 0 saturated heterocycles. The highest BCUT2D eigenvalue weighted by Crippen LogP contribution is 2.11. The summed E-state index contributed by atoms with van der Waals surface area (Å²) in [7, 11) is 0. The number of nitrogens with zero attached hydrogens (tertiary/aromatic N) is 1. The second kappa shape index (κ2) is 4.06. The molecule has 4 nitrogen and oxygen atoms in total. The third-order valence-electron chi connectivity index (χ3n) is 1.57. The van der Waals surface area contributed by atoms with Gasteiger partial charge in [0, 0.05) is 0 Å². The molecule has 1 heterocycles. The van der Waals surface area contributed by atoms with Crippen LogP contribution in [0.4, 0.5) is 5.69 Å². The molecule has 1 amide bonds. The van der Waals surface area contributed by atoms with Crippen LogP contribution in [-0.4, -0.2) is 16.4 Å². The van der Waals surface area contributed by atoms with E-state index in [1.165, 1.54) is 0 Å². The second-order valence-electron chi connectivity index (χ2n) is 3.55. The highest BCUT2D eigenvalue weighted by molar-refractivity contribution is 9.10. The van der Waals surface area contributed by atoms with Crippen LogP contribution in [0.2, 0.25) is 0 Å². The highest BCUT2D eigenvalue weighted by Gasteiger charge is 2.21. The summed E-state index contributed by atoms with van der Waals surface area (Å²) in [5.74, 6) is -0.235. The van der Waals surface area contributed by atoms with Crippen LogP contribution in [0.25, 0.3) is 0 Å². The maximum absolute atomic E-state index is 11.4. The number of hydrogen-bond donors (Lipinski definition) is 2. The van der Waals surface area contributed by atoms with Crippen LogP contribution in [0.1, 0.15) is 13.8 Å². The number of nitrogens with two attached hydrogens (primary N) is 1. The maximum Gasteiger partial charge on any atom is 0.243 e. The number of anilines is 1. The monoisotopic (exact) mass is 257 g/mol. The lowest BCUT2D eigenvalue weighted by molar-refractivity contribution is -0.120. The van der Waals surface area contributed by atoms with E-state index in [1.807, 2.05) is 0 Å². The molecule has 0 aliphatic rings. The lowest BCUT2D eigenvalue weighted by Crippen LogP contribution is -2.45. The maximum atomic E-state index is 11.4. The van der Waals surface area contributed by atoms with Crippen LogP contribution in [0.5, 0.6) is 0 Å². The van der Waals surface area contributed by atoms with E-state index in [0.29, 0.717) is 5.69 Å². The molecular weight excluding hydrogens is 246 g/mol. The van der Waals surface area contributed by atoms with Gasteiger partial charge in [-0.25, -0.2) is 4.98 Å². The molecular formula is C9H12BrN3O. The number of nitrogens with one attached hydrogen (secondary N) is 1. The molecule has 0 aliphatic carbocycles. The van der Waals surface area contributed by atoms with Gasteiger partial charge in [-0.05, 0) is 41.9 Å². The van der Waals surface area contributed by atoms with E-state index in [4.69, 9.17) is 5.73 Å². The molecule has 0 spiro atoms. The lowest BCUT2D eigenvalue weighted by atomic mass is 10.1. The fourth-order valence-electron chi connectivity index (χ4n) is 0.742. The van der Waals surface area contributed by atoms with E-state index in [9.17, 15) is 4.79 Å². The second-order valence-corrected chi connectivity index (χ2v) is 4.36. The van der Waals surface area contributed by atoms with Crippen molar-refractivity contribution in [3.63, 3.8) is 0 Å². The van der Waals surface area contributed by atoms with Crippen LogP contribution in [0, 0.1) is 0 Å². The molecule has 3 N–H and O–H groups in total. The number of amides is 1. The van der Waals surface area contributed by atoms with Crippen molar-refractivity contribution in [1.82, 2.24) is 4.98 Å². The van der Waals surface area contributed by atoms with Crippen LogP contribution in [0.3, 0.4) is 0 Å². The van der Waals surface area contributed by atoms with E-state index in [2.05, 4.69) is 26.2 Å². The van der Waals surface area contributed by atoms with Crippen molar-refractivity contribution in [1.29, 1.82) is 0 Å². The van der Waals surface area contributed by atoms with E-state index < -0.39 is 5.54 Å². The van der Waals surface area contributed by atoms with E-state index in [0.717, 1.165) is 4.60 Å². The molecule has 1 rings (SSSR count). The molecule has 0 aliphatic heterocycles. The van der Waals surface area contributed by atoms with E-state index >= 15 is 0 Å². The molecule has 0 bridgehead atoms. The molecule has 1 aromatic heterocycles. The number of halogens is 1. The number of hydrogen-bond acceptors (Lipinski definition) is 3. The molecule has 0 unspecified atom stereocenters. The van der Waals surface area contributed by atoms with Crippen LogP contribution >= 0.6 is 15.9 Å². The zero-order valence-corrected chi connectivity index (χ0v) is 9.63. The van der Waals surface area contributed by atoms with E-state index in [1.54, 1.807) is 32.2 Å². The Morgan fingerprint density at radius 1 is 1.57 bits per heavy atom. The molecule has 14 heavy (non-hydrogen) atoms. The van der Waals surface area contributed by atoms with Gasteiger partial charge >= 0.3 is 0 Å². The van der Waals surface area contributed by atoms with Gasteiger partial charge in [0.1, 0.15) is 4.60 Å². The quantitative estimate of drug-likeness (QED) is 0.790. The molecule has 0 atom stereocenters. The van der Waals surface area contributed by atoms with E-state index in [-0.39, 0.29) is 5.91 Å². The number of pyridine rings is 1. The van der Waals surface area contributed by atoms with Crippen molar-refractivity contribution in [2.75, 3.05) is 5.32 Å². The standard InChI is InChI=1S/C9H12BrN3O/c1-9(2,11)8(14)13-6-3-4-7(10)12-5-6/h3-5H,11H2,1-2H3,(H,13,14). The predicted octanol–water partition coefficient (Wildman–Crippen LogP) is 1.52. The summed E-state index contributed by atoms with van der Waals surface area (Å²) in [6, 6.07) is 3.50. The first kappa shape index (κ1) is 11.1. The van der Waals surface area contributed by atoms with Gasteiger partial charge in [-0.15, -0.1) is 0 Å². The molecule has 0 radical (unpaired) electrons. The van der Waals surface area contributed by atoms with Gasteiger partial charge < -0.3 is 11.1 Å². The zero-order valence-electron chi connectivity index (χ0n) is 8.04. The van der Waals surface area contributed by atoms with Gasteiger partial charge in [0.25, 0.3) is 0 Å². The summed E-state index contributed by atoms with van der Waals surface area (Å²) in [5, 5.41) is 2.66. The molecule has 0 fully saturated rings. The minimum Gasteiger partial charge on any atom is -0.323 e. The Balaban J connectivity index is 2.71. The molecule has 5 heteroatoms. The molecule has 76 valence electrons. The van der Waals surface area contributed by atoms with Crippen molar-refractivity contribution in [3.8, 4) is 0 Å². The van der Waals surface area contributed by atoms with Crippen molar-refractivity contribution < 1.29 is 4.79 Å². The number of carbonyl (C=O) groups excluding carboxylic acids is 1. The minimum atomic E-state index is -0.882. The smallest absolute Gasteiger partial charge is 0.243 e. The van der Waals surface area contributed by atoms with Gasteiger partial charge in [0.2, 0.25) is 5.91 Å². The number of rotatable bonds is 2. The first-order chi connectivity index (χ1) is 6.39. The van der Waals surface area contributed by atoms with Gasteiger partial charge in [0.05, 0.1) is 17.4 Å². The third kappa shape index (κ3) is 3.08. The van der Waals surface area contributed by atoms with Crippen molar-refractivity contribution in [2.45, 2.75) is 19.4 Å². The largest absolute Gasteiger partial charge is 0.323 e. The van der Waals surface area contributed by atoms with Crippen molar-refractivity contribution in [3.05, 3.63) is 22.9 Å². The summed E-state index contributed by atoms with van der Waals surface area (Å²) in [4.78, 5) is 15.4. The summed E-state index contributed by atoms with van der Waals surface area (Å²) in [6.45, 7) is 3.29. The minimum absolute atomic E-state index is 0.235. The Hall–Kier alpha value is -0.940. The van der Waals surface area contributed by atoms with Crippen LogP contribution in [-0.2, 0) is 4.79 Å². The Morgan fingerprint density at radius 2 is 2.21 bits per heavy atom. The summed E-state index contributed by atoms with van der Waals surface area (Å²) < 4.78 is 0.725. The fraction of sp³-hybridized carbons (Fsp3) is 0.333. The SMILES string of the molecule is CC(C)(N)C(=O)Nc1ccc(Br)nc1. The van der Waals surface area contributed by atoms with Crippen LogP contribution < -0.4 is 11.1 Å². The van der Waals surface area contributed by atoms with Gasteiger partial charge in [-0.1, -0.05) is 0 Å². The Kier molecular flexibility index (Phi) is 3.23. The summed E-state index contributed by atoms with van der Waals surface area (Å²) in [5.41, 5.74) is 5.37. The topological polar surface area (TPSA) is 68.0 Å². The normalized spacial score (nSPS) is 11.1. The number of carbonyl (C=O) groups is 1. The first-order valence-corrected chi connectivity index (χ1v) is 4.91. The fourth-order valence-corrected chi connectivity index (χ4v) is 0.976. The van der Waals surface area contributed by atoms with Crippen LogP contribution in [0.15, 0.2) is 22.9 Å². The van der Waals surface area contributed by atoms with Gasteiger partial charge in [-0.2, -0.15) is 0 Å². The third-order valence-corrected chi connectivity index (χ3v) is 2.04. The highest BCUT2D eigenvalue weighted by atomic mass is 79.9.